The maximum absolute atomic E-state index is 12.1. The summed E-state index contributed by atoms with van der Waals surface area (Å²) in [4.78, 5) is 23.0. The fraction of sp³-hybridized carbons (Fsp3) is 0.611. The highest BCUT2D eigenvalue weighted by atomic mass is 16.8. The van der Waals surface area contributed by atoms with E-state index in [2.05, 4.69) is 21.0 Å². The molecule has 0 amide bonds. The molecule has 1 aliphatic carbocycles. The summed E-state index contributed by atoms with van der Waals surface area (Å²) >= 11 is 0. The molecular weight excluding hydrogens is 350 g/mol. The number of H-pyrrole nitrogens is 1. The summed E-state index contributed by atoms with van der Waals surface area (Å²) in [5.74, 6) is -0.664. The second kappa shape index (κ2) is 5.88. The fourth-order valence-corrected chi connectivity index (χ4v) is 3.56. The molecule has 2 aromatic rings. The van der Waals surface area contributed by atoms with Gasteiger partial charge in [-0.2, -0.15) is 4.98 Å². The molecule has 2 aromatic heterocycles. The largest absolute Gasteiger partial charge is 0.371 e. The molecule has 3 heterocycles. The molecule has 9 nitrogen and oxygen atoms in total. The lowest BCUT2D eigenvalue weighted by Crippen LogP contribution is -2.29. The summed E-state index contributed by atoms with van der Waals surface area (Å²) in [6.07, 6.45) is 3.14. The van der Waals surface area contributed by atoms with E-state index in [-0.39, 0.29) is 40.9 Å². The number of nitrogens with one attached hydrogen (secondary N) is 1. The van der Waals surface area contributed by atoms with Crippen LogP contribution in [-0.4, -0.2) is 49.7 Å². The van der Waals surface area contributed by atoms with Gasteiger partial charge in [-0.05, 0) is 40.2 Å². The number of aromatic amines is 1. The molecule has 3 N–H and O–H groups in total. The zero-order valence-electron chi connectivity index (χ0n) is 16.1. The van der Waals surface area contributed by atoms with Gasteiger partial charge in [-0.15, -0.1) is 0 Å². The smallest absolute Gasteiger partial charge is 0.280 e. The minimum absolute atomic E-state index is 0.0491. The number of nitrogen functional groups attached to an aromatic ring is 1. The average molecular weight is 375 g/mol. The lowest BCUT2D eigenvalue weighted by atomic mass is 10.1. The first-order valence-corrected chi connectivity index (χ1v) is 8.97. The van der Waals surface area contributed by atoms with Crippen LogP contribution in [0, 0.1) is 0 Å². The zero-order chi connectivity index (χ0) is 19.6. The first-order valence-electron chi connectivity index (χ1n) is 8.97. The summed E-state index contributed by atoms with van der Waals surface area (Å²) in [6, 6.07) is -0.228. The maximum Gasteiger partial charge on any atom is 0.280 e. The highest BCUT2D eigenvalue weighted by Gasteiger charge is 2.51. The van der Waals surface area contributed by atoms with Crippen molar-refractivity contribution in [1.82, 2.24) is 19.5 Å². The molecule has 4 rings (SSSR count). The van der Waals surface area contributed by atoms with Crippen molar-refractivity contribution in [2.75, 3.05) is 12.3 Å². The van der Waals surface area contributed by atoms with Crippen molar-refractivity contribution >= 4 is 17.1 Å². The predicted molar refractivity (Wildman–Crippen MR) is 99.2 cm³/mol. The van der Waals surface area contributed by atoms with Gasteiger partial charge < -0.3 is 24.5 Å². The van der Waals surface area contributed by atoms with Crippen molar-refractivity contribution in [3.8, 4) is 0 Å². The number of nitrogens with zero attached hydrogens (tertiary/aromatic N) is 3. The van der Waals surface area contributed by atoms with Gasteiger partial charge in [-0.1, -0.05) is 6.08 Å². The summed E-state index contributed by atoms with van der Waals surface area (Å²) in [6.45, 7) is 10.2. The Morgan fingerprint density at radius 3 is 2.81 bits per heavy atom. The van der Waals surface area contributed by atoms with E-state index in [1.165, 1.54) is 0 Å². The Morgan fingerprint density at radius 1 is 1.37 bits per heavy atom. The number of imidazole rings is 1. The van der Waals surface area contributed by atoms with Gasteiger partial charge in [0.15, 0.2) is 17.0 Å². The van der Waals surface area contributed by atoms with Crippen molar-refractivity contribution in [3.63, 3.8) is 0 Å². The van der Waals surface area contributed by atoms with Gasteiger partial charge in [-0.3, -0.25) is 9.78 Å². The van der Waals surface area contributed by atoms with E-state index in [9.17, 15) is 4.79 Å². The predicted octanol–water partition coefficient (Wildman–Crippen LogP) is 1.52. The first-order chi connectivity index (χ1) is 12.5. The second-order valence-corrected chi connectivity index (χ2v) is 8.43. The molecule has 9 heteroatoms. The van der Waals surface area contributed by atoms with Crippen LogP contribution in [0.5, 0.6) is 0 Å². The number of aromatic nitrogens is 4. The van der Waals surface area contributed by atoms with E-state index in [0.29, 0.717) is 12.3 Å². The molecule has 27 heavy (non-hydrogen) atoms. The zero-order valence-corrected chi connectivity index (χ0v) is 16.1. The summed E-state index contributed by atoms with van der Waals surface area (Å²) < 4.78 is 20.1. The molecule has 146 valence electrons. The number of ether oxygens (including phenoxy) is 3. The van der Waals surface area contributed by atoms with Crippen LogP contribution in [0.4, 0.5) is 5.95 Å². The van der Waals surface area contributed by atoms with Crippen LogP contribution in [0.2, 0.25) is 0 Å². The Hall–Kier alpha value is -2.23. The molecule has 1 fully saturated rings. The van der Waals surface area contributed by atoms with E-state index < -0.39 is 5.79 Å². The molecule has 1 saturated heterocycles. The Bertz CT molecular complexity index is 968. The Balaban J connectivity index is 1.75. The van der Waals surface area contributed by atoms with Crippen LogP contribution in [0.25, 0.3) is 11.2 Å². The molecule has 3 atom stereocenters. The normalized spacial score (nSPS) is 27.1. The molecule has 0 bridgehead atoms. The Kier molecular flexibility index (Phi) is 3.95. The minimum Gasteiger partial charge on any atom is -0.371 e. The maximum atomic E-state index is 12.1. The van der Waals surface area contributed by atoms with Gasteiger partial charge in [0.05, 0.1) is 24.6 Å². The van der Waals surface area contributed by atoms with Crippen molar-refractivity contribution in [2.45, 2.75) is 64.3 Å². The summed E-state index contributed by atoms with van der Waals surface area (Å²) in [5.41, 5.74) is 6.76. The number of fused-ring (bicyclic) bond motifs is 2. The van der Waals surface area contributed by atoms with E-state index >= 15 is 0 Å². The molecule has 0 aromatic carbocycles. The topological polar surface area (TPSA) is 117 Å². The van der Waals surface area contributed by atoms with Crippen LogP contribution >= 0.6 is 0 Å². The lowest BCUT2D eigenvalue weighted by Gasteiger charge is -2.23. The van der Waals surface area contributed by atoms with Gasteiger partial charge in [-0.25, -0.2) is 4.98 Å². The summed E-state index contributed by atoms with van der Waals surface area (Å²) in [7, 11) is 0. The lowest BCUT2D eigenvalue weighted by molar-refractivity contribution is -0.148. The molecular formula is C18H25N5O4. The average Bonchev–Trinajstić information content (AvgIpc) is 3.15. The second-order valence-electron chi connectivity index (χ2n) is 8.43. The monoisotopic (exact) mass is 375 g/mol. The van der Waals surface area contributed by atoms with Gasteiger partial charge in [0.2, 0.25) is 5.95 Å². The van der Waals surface area contributed by atoms with Gasteiger partial charge in [0.1, 0.15) is 12.2 Å². The molecule has 0 unspecified atom stereocenters. The summed E-state index contributed by atoms with van der Waals surface area (Å²) in [5, 5.41) is 0. The molecule has 1 aliphatic heterocycles. The van der Waals surface area contributed by atoms with Crippen LogP contribution in [0.3, 0.4) is 0 Å². The number of nitrogens with two attached hydrogens (primary N) is 1. The fourth-order valence-electron chi connectivity index (χ4n) is 3.56. The molecule has 2 aliphatic rings. The third kappa shape index (κ3) is 3.26. The third-order valence-electron chi connectivity index (χ3n) is 4.66. The highest BCUT2D eigenvalue weighted by molar-refractivity contribution is 5.71. The minimum atomic E-state index is -0.713. The number of anilines is 1. The third-order valence-corrected chi connectivity index (χ3v) is 4.66. The van der Waals surface area contributed by atoms with Gasteiger partial charge in [0, 0.05) is 0 Å². The van der Waals surface area contributed by atoms with Crippen LogP contribution < -0.4 is 11.3 Å². The van der Waals surface area contributed by atoms with Crippen molar-refractivity contribution in [1.29, 1.82) is 0 Å². The first kappa shape index (κ1) is 18.1. The number of hydrogen-bond donors (Lipinski definition) is 2. The van der Waals surface area contributed by atoms with E-state index in [1.54, 1.807) is 6.33 Å². The van der Waals surface area contributed by atoms with Gasteiger partial charge >= 0.3 is 0 Å². The SMILES string of the molecule is CC(C)(C)OCC1=C[C@H](n2cnc3c(=O)[nH]c(N)nc32)[C@H]2OC(C)(C)O[C@@H]12. The molecule has 0 saturated carbocycles. The Labute approximate surface area is 156 Å². The van der Waals surface area contributed by atoms with Crippen LogP contribution in [0.1, 0.15) is 40.7 Å². The van der Waals surface area contributed by atoms with E-state index in [4.69, 9.17) is 19.9 Å². The number of rotatable bonds is 3. The van der Waals surface area contributed by atoms with E-state index in [0.717, 1.165) is 5.57 Å². The van der Waals surface area contributed by atoms with Crippen molar-refractivity contribution < 1.29 is 14.2 Å². The van der Waals surface area contributed by atoms with Crippen LogP contribution in [-0.2, 0) is 14.2 Å². The van der Waals surface area contributed by atoms with Gasteiger partial charge in [0.25, 0.3) is 5.56 Å². The van der Waals surface area contributed by atoms with Crippen LogP contribution in [0.15, 0.2) is 22.8 Å². The number of hydrogen-bond acceptors (Lipinski definition) is 7. The van der Waals surface area contributed by atoms with Crippen molar-refractivity contribution in [3.05, 3.63) is 28.3 Å². The van der Waals surface area contributed by atoms with E-state index in [1.807, 2.05) is 39.2 Å². The quantitative estimate of drug-likeness (QED) is 0.781. The standard InChI is InChI=1S/C18H25N5O4/c1-17(2,3)25-7-9-6-10(13-12(9)26-18(4,5)27-13)23-8-20-11-14(23)21-16(19)22-15(11)24/h6,8,10,12-13H,7H2,1-5H3,(H3,19,21,22,24)/t10-,12-,13+/m0/s1. The molecule has 0 radical (unpaired) electrons. The highest BCUT2D eigenvalue weighted by Crippen LogP contribution is 2.44. The molecule has 0 spiro atoms. The Morgan fingerprint density at radius 2 is 2.11 bits per heavy atom. The van der Waals surface area contributed by atoms with Crippen molar-refractivity contribution in [2.24, 2.45) is 0 Å².